The predicted octanol–water partition coefficient (Wildman–Crippen LogP) is 4.84. The lowest BCUT2D eigenvalue weighted by Gasteiger charge is -2.58. The second-order valence-corrected chi connectivity index (χ2v) is 13.4. The summed E-state index contributed by atoms with van der Waals surface area (Å²) in [7, 11) is 1.67. The molecule has 1 saturated heterocycles. The lowest BCUT2D eigenvalue weighted by atomic mass is 9.57. The van der Waals surface area contributed by atoms with Gasteiger partial charge in [-0.05, 0) is 36.1 Å². The molecule has 3 aliphatic carbocycles. The number of benzene rings is 2. The zero-order valence-electron chi connectivity index (χ0n) is 18.5. The predicted molar refractivity (Wildman–Crippen MR) is 131 cm³/mol. The maximum atomic E-state index is 13.0. The van der Waals surface area contributed by atoms with Gasteiger partial charge in [-0.3, -0.25) is 4.90 Å². The quantitative estimate of drug-likeness (QED) is 0.478. The van der Waals surface area contributed by atoms with E-state index in [-0.39, 0.29) is 17.6 Å². The lowest BCUT2D eigenvalue weighted by molar-refractivity contribution is -0.153. The largest absolute Gasteiger partial charge is 0.493 e. The van der Waals surface area contributed by atoms with Gasteiger partial charge >= 0.3 is 0 Å². The molecule has 3 heterocycles. The van der Waals surface area contributed by atoms with E-state index in [4.69, 9.17) is 44.3 Å². The van der Waals surface area contributed by atoms with Crippen molar-refractivity contribution in [3.05, 3.63) is 58.8 Å². The Morgan fingerprint density at radius 2 is 2.03 bits per heavy atom. The zero-order chi connectivity index (χ0) is 23.3. The highest BCUT2D eigenvalue weighted by Gasteiger charge is 2.83. The fourth-order valence-electron chi connectivity index (χ4n) is 8.70. The molecule has 1 aromatic heterocycles. The minimum Gasteiger partial charge on any atom is -0.493 e. The smallest absolute Gasteiger partial charge is 0.203 e. The van der Waals surface area contributed by atoms with Crippen LogP contribution in [0.5, 0.6) is 11.5 Å². The van der Waals surface area contributed by atoms with E-state index in [0.29, 0.717) is 13.0 Å². The number of hydrogen-bond donors (Lipinski definition) is 2. The van der Waals surface area contributed by atoms with Crippen molar-refractivity contribution < 1.29 is 14.6 Å². The molecular formula is C26H23Cl3N2O3. The van der Waals surface area contributed by atoms with E-state index >= 15 is 0 Å². The van der Waals surface area contributed by atoms with Crippen LogP contribution in [-0.2, 0) is 18.3 Å². The molecule has 0 amide bonds. The van der Waals surface area contributed by atoms with Gasteiger partial charge < -0.3 is 19.6 Å². The molecule has 34 heavy (non-hydrogen) atoms. The maximum Gasteiger partial charge on any atom is 0.203 e. The number of nitrogens with one attached hydrogen (secondary N) is 1. The number of ether oxygens (including phenoxy) is 2. The van der Waals surface area contributed by atoms with Crippen molar-refractivity contribution in [2.24, 2.45) is 5.41 Å². The van der Waals surface area contributed by atoms with Crippen molar-refractivity contribution in [2.45, 2.75) is 46.2 Å². The first-order valence-electron chi connectivity index (χ1n) is 11.7. The Labute approximate surface area is 211 Å². The summed E-state index contributed by atoms with van der Waals surface area (Å²) in [6.07, 6.45) is 1.95. The SMILES string of the molecule is COc1ccc2c3c1O[C@H]1c4[nH]c5ccccc5c4C[C@@]4(O)[C@@H]5N(CC(Cl)(Cl)Cl)C[C@]5(C2)C[C@]314. The van der Waals surface area contributed by atoms with Crippen LogP contribution in [0.15, 0.2) is 36.4 Å². The number of aliphatic hydroxyl groups is 1. The van der Waals surface area contributed by atoms with Crippen molar-refractivity contribution >= 4 is 45.7 Å². The van der Waals surface area contributed by atoms with Crippen LogP contribution in [0.1, 0.15) is 34.9 Å². The van der Waals surface area contributed by atoms with Crippen LogP contribution >= 0.6 is 34.8 Å². The van der Waals surface area contributed by atoms with Crippen molar-refractivity contribution in [3.63, 3.8) is 0 Å². The fraction of sp³-hybridized carbons (Fsp3) is 0.462. The van der Waals surface area contributed by atoms with Crippen LogP contribution in [0.25, 0.3) is 10.9 Å². The Morgan fingerprint density at radius 3 is 2.82 bits per heavy atom. The fourth-order valence-corrected chi connectivity index (χ4v) is 9.16. The number of aromatic amines is 1. The summed E-state index contributed by atoms with van der Waals surface area (Å²) < 4.78 is 11.1. The summed E-state index contributed by atoms with van der Waals surface area (Å²) in [6.45, 7) is 1.10. The van der Waals surface area contributed by atoms with Crippen molar-refractivity contribution in [2.75, 3.05) is 20.2 Å². The van der Waals surface area contributed by atoms with Crippen LogP contribution < -0.4 is 9.47 Å². The van der Waals surface area contributed by atoms with Crippen LogP contribution in [0.4, 0.5) is 0 Å². The van der Waals surface area contributed by atoms with Gasteiger partial charge in [-0.15, -0.1) is 0 Å². The summed E-state index contributed by atoms with van der Waals surface area (Å²) in [6, 6.07) is 12.3. The maximum absolute atomic E-state index is 13.0. The molecule has 5 nitrogen and oxygen atoms in total. The van der Waals surface area contributed by atoms with Crippen LogP contribution in [-0.4, -0.2) is 50.6 Å². The molecule has 5 atom stereocenters. The van der Waals surface area contributed by atoms with Crippen molar-refractivity contribution in [1.82, 2.24) is 9.88 Å². The Morgan fingerprint density at radius 1 is 1.21 bits per heavy atom. The van der Waals surface area contributed by atoms with Crippen molar-refractivity contribution in [1.29, 1.82) is 0 Å². The first-order valence-corrected chi connectivity index (χ1v) is 12.8. The Hall–Kier alpha value is -1.63. The minimum absolute atomic E-state index is 0.0747. The van der Waals surface area contributed by atoms with Gasteiger partial charge in [0, 0.05) is 47.4 Å². The highest BCUT2D eigenvalue weighted by atomic mass is 35.6. The summed E-state index contributed by atoms with van der Waals surface area (Å²) in [5, 5.41) is 14.1. The standard InChI is InChI=1S/C26H23Cl3N2O3/c1-33-17-7-6-13-8-23-10-24-18(13)20(17)34-21(24)19-15(14-4-2-3-5-16(14)30-19)9-25(24,32)22(23)31(11-23)12-26(27,28)29/h2-7,21-22,30,32H,8-12H2,1H3/t21-,22+,23-,24-,25+/m0/s1. The number of hydrogen-bond acceptors (Lipinski definition) is 4. The monoisotopic (exact) mass is 516 g/mol. The molecule has 2 bridgehead atoms. The van der Waals surface area contributed by atoms with Crippen LogP contribution in [0.3, 0.4) is 0 Å². The molecule has 1 saturated carbocycles. The summed E-state index contributed by atoms with van der Waals surface area (Å²) in [4.78, 5) is 5.86. The average Bonchev–Trinajstić information content (AvgIpc) is 3.34. The van der Waals surface area contributed by atoms with E-state index in [1.807, 2.05) is 18.2 Å². The van der Waals surface area contributed by atoms with E-state index in [1.54, 1.807) is 7.11 Å². The number of alkyl halides is 3. The number of halogens is 3. The third-order valence-corrected chi connectivity index (χ3v) is 9.71. The number of fused-ring (bicyclic) bond motifs is 5. The Bertz CT molecular complexity index is 1420. The number of nitrogens with zero attached hydrogens (tertiary/aromatic N) is 1. The third kappa shape index (κ3) is 2.11. The van der Waals surface area contributed by atoms with E-state index in [0.717, 1.165) is 58.6 Å². The molecule has 0 unspecified atom stereocenters. The topological polar surface area (TPSA) is 57.7 Å². The molecule has 2 fully saturated rings. The number of H-pyrrole nitrogens is 1. The van der Waals surface area contributed by atoms with Crippen LogP contribution in [0.2, 0.25) is 0 Å². The molecule has 176 valence electrons. The second-order valence-electron chi connectivity index (χ2n) is 10.9. The molecular weight excluding hydrogens is 495 g/mol. The van der Waals surface area contributed by atoms with Gasteiger partial charge in [-0.1, -0.05) is 59.1 Å². The molecule has 2 aromatic carbocycles. The molecule has 5 aliphatic rings. The molecule has 2 spiro atoms. The zero-order valence-corrected chi connectivity index (χ0v) is 20.8. The highest BCUT2D eigenvalue weighted by Crippen LogP contribution is 2.77. The average molecular weight is 518 g/mol. The molecule has 3 aromatic rings. The second kappa shape index (κ2) is 6.01. The molecule has 8 rings (SSSR count). The molecule has 2 N–H and O–H groups in total. The highest BCUT2D eigenvalue weighted by molar-refractivity contribution is 6.67. The minimum atomic E-state index is -1.40. The normalized spacial score (nSPS) is 36.5. The van der Waals surface area contributed by atoms with Gasteiger partial charge in [-0.25, -0.2) is 0 Å². The number of rotatable bonds is 2. The number of aromatic nitrogens is 1. The number of para-hydroxylation sites is 1. The Balaban J connectivity index is 1.42. The van der Waals surface area contributed by atoms with Gasteiger partial charge in [0.15, 0.2) is 17.6 Å². The van der Waals surface area contributed by atoms with E-state index < -0.39 is 14.8 Å². The van der Waals surface area contributed by atoms with Gasteiger partial charge in [-0.2, -0.15) is 0 Å². The van der Waals surface area contributed by atoms with Gasteiger partial charge in [0.2, 0.25) is 3.79 Å². The van der Waals surface area contributed by atoms with Gasteiger partial charge in [0.25, 0.3) is 0 Å². The molecule has 0 radical (unpaired) electrons. The first kappa shape index (κ1) is 20.6. The lowest BCUT2D eigenvalue weighted by Crippen LogP contribution is -2.72. The van der Waals surface area contributed by atoms with E-state index in [1.165, 1.54) is 5.56 Å². The van der Waals surface area contributed by atoms with E-state index in [2.05, 4.69) is 28.1 Å². The molecule has 8 heteroatoms. The number of methoxy groups -OCH3 is 1. The first-order chi connectivity index (χ1) is 16.2. The summed E-state index contributed by atoms with van der Waals surface area (Å²) >= 11 is 18.8. The van der Waals surface area contributed by atoms with E-state index in [9.17, 15) is 5.11 Å². The summed E-state index contributed by atoms with van der Waals surface area (Å²) in [5.74, 6) is 1.50. The van der Waals surface area contributed by atoms with Crippen LogP contribution in [0, 0.1) is 5.41 Å². The Kier molecular flexibility index (Phi) is 3.63. The third-order valence-electron chi connectivity index (χ3n) is 9.36. The van der Waals surface area contributed by atoms with Gasteiger partial charge in [0.05, 0.1) is 23.8 Å². The number of likely N-dealkylation sites (tertiary alicyclic amines) is 1. The summed E-state index contributed by atoms with van der Waals surface area (Å²) in [5.41, 5.74) is 3.92. The van der Waals surface area contributed by atoms with Crippen molar-refractivity contribution in [3.8, 4) is 11.5 Å². The van der Waals surface area contributed by atoms with Gasteiger partial charge in [0.1, 0.15) is 0 Å². The molecule has 2 aliphatic heterocycles.